The number of carbonyl (C=O) groups is 1. The summed E-state index contributed by atoms with van der Waals surface area (Å²) < 4.78 is 13.0. The number of ether oxygens (including phenoxy) is 2. The lowest BCUT2D eigenvalue weighted by molar-refractivity contribution is -0.142. The van der Waals surface area contributed by atoms with Gasteiger partial charge in [0.2, 0.25) is 5.91 Å². The van der Waals surface area contributed by atoms with Crippen LogP contribution in [0.5, 0.6) is 17.2 Å². The predicted molar refractivity (Wildman–Crippen MR) is 214 cm³/mol. The first kappa shape index (κ1) is 37.5. The summed E-state index contributed by atoms with van der Waals surface area (Å²) in [5.41, 5.74) is 4.77. The summed E-state index contributed by atoms with van der Waals surface area (Å²) in [6.07, 6.45) is 20.1. The molecular formula is C47H62N2O4. The topological polar surface area (TPSA) is 62.2 Å². The van der Waals surface area contributed by atoms with Gasteiger partial charge in [-0.3, -0.25) is 9.69 Å². The molecular weight excluding hydrogens is 657 g/mol. The highest BCUT2D eigenvalue weighted by molar-refractivity contribution is 5.77. The maximum absolute atomic E-state index is 14.4. The maximum Gasteiger partial charge on any atom is 0.222 e. The molecule has 284 valence electrons. The zero-order valence-corrected chi connectivity index (χ0v) is 32.2. The average Bonchev–Trinajstić information content (AvgIpc) is 3.53. The van der Waals surface area contributed by atoms with E-state index >= 15 is 0 Å². The van der Waals surface area contributed by atoms with Crippen LogP contribution in [0.15, 0.2) is 79.4 Å². The molecule has 3 aromatic rings. The van der Waals surface area contributed by atoms with Crippen LogP contribution < -0.4 is 9.47 Å². The van der Waals surface area contributed by atoms with Gasteiger partial charge >= 0.3 is 0 Å². The number of aromatic hydroxyl groups is 1. The summed E-state index contributed by atoms with van der Waals surface area (Å²) in [6, 6.07) is 23.6. The highest BCUT2D eigenvalue weighted by atomic mass is 16.5. The van der Waals surface area contributed by atoms with Crippen molar-refractivity contribution < 1.29 is 19.4 Å². The smallest absolute Gasteiger partial charge is 0.222 e. The highest BCUT2D eigenvalue weighted by Gasteiger charge is 2.67. The number of unbranched alkanes of at least 4 members (excludes halogenated alkanes) is 8. The van der Waals surface area contributed by atoms with Crippen molar-refractivity contribution in [2.75, 3.05) is 26.7 Å². The van der Waals surface area contributed by atoms with Crippen LogP contribution in [0.1, 0.15) is 112 Å². The van der Waals surface area contributed by atoms with E-state index in [4.69, 9.17) is 9.47 Å². The van der Waals surface area contributed by atoms with Gasteiger partial charge < -0.3 is 19.5 Å². The Balaban J connectivity index is 1.02. The Morgan fingerprint density at radius 1 is 0.925 bits per heavy atom. The first-order valence-electron chi connectivity index (χ1n) is 20.9. The van der Waals surface area contributed by atoms with Crippen molar-refractivity contribution >= 4 is 5.91 Å². The minimum absolute atomic E-state index is 0.00293. The molecule has 1 saturated heterocycles. The number of methoxy groups -OCH3 is 1. The lowest BCUT2D eigenvalue weighted by Crippen LogP contribution is -2.69. The third-order valence-corrected chi connectivity index (χ3v) is 13.2. The number of phenols is 1. The van der Waals surface area contributed by atoms with Crippen LogP contribution in [-0.2, 0) is 29.5 Å². The molecule has 2 bridgehead atoms. The zero-order chi connectivity index (χ0) is 36.6. The third-order valence-electron chi connectivity index (χ3n) is 13.2. The number of amides is 1. The number of likely N-dealkylation sites (tertiary alicyclic amines) is 1. The van der Waals surface area contributed by atoms with Crippen LogP contribution in [0.4, 0.5) is 0 Å². The zero-order valence-electron chi connectivity index (χ0n) is 32.2. The van der Waals surface area contributed by atoms with Crippen molar-refractivity contribution in [3.63, 3.8) is 0 Å². The molecule has 2 fully saturated rings. The monoisotopic (exact) mass is 718 g/mol. The number of hydrogen-bond acceptors (Lipinski definition) is 5. The summed E-state index contributed by atoms with van der Waals surface area (Å²) in [5.74, 6) is 2.44. The van der Waals surface area contributed by atoms with Crippen molar-refractivity contribution in [3.05, 3.63) is 102 Å². The molecule has 0 radical (unpaired) electrons. The normalized spacial score (nSPS) is 23.9. The Bertz CT molecular complexity index is 1660. The summed E-state index contributed by atoms with van der Waals surface area (Å²) in [6.45, 7) is 6.65. The number of benzene rings is 3. The lowest BCUT2D eigenvalue weighted by atomic mass is 9.50. The molecule has 1 N–H and O–H groups in total. The number of hydrogen-bond donors (Lipinski definition) is 1. The Morgan fingerprint density at radius 3 is 2.23 bits per heavy atom. The number of piperidine rings is 1. The van der Waals surface area contributed by atoms with Gasteiger partial charge in [0.1, 0.15) is 11.9 Å². The van der Waals surface area contributed by atoms with Crippen LogP contribution in [0.25, 0.3) is 0 Å². The number of carbonyl (C=O) groups excluding carboxylic acids is 1. The Kier molecular flexibility index (Phi) is 12.5. The van der Waals surface area contributed by atoms with E-state index < -0.39 is 0 Å². The van der Waals surface area contributed by atoms with Gasteiger partial charge in [-0.25, -0.2) is 0 Å². The summed E-state index contributed by atoms with van der Waals surface area (Å²) in [5, 5.41) is 11.4. The Labute approximate surface area is 318 Å². The molecule has 4 aliphatic rings. The number of phenolic OH excluding ortho intramolecular Hbond substituents is 1. The van der Waals surface area contributed by atoms with E-state index in [0.717, 1.165) is 88.7 Å². The minimum atomic E-state index is -0.232. The second-order valence-corrected chi connectivity index (χ2v) is 16.3. The quantitative estimate of drug-likeness (QED) is 0.0932. The molecule has 2 aliphatic heterocycles. The lowest BCUT2D eigenvalue weighted by Gasteiger charge is -2.60. The molecule has 0 unspecified atom stereocenters. The first-order valence-corrected chi connectivity index (χ1v) is 20.9. The van der Waals surface area contributed by atoms with Gasteiger partial charge in [-0.2, -0.15) is 0 Å². The first-order chi connectivity index (χ1) is 26.0. The van der Waals surface area contributed by atoms with Crippen molar-refractivity contribution in [3.8, 4) is 17.2 Å². The van der Waals surface area contributed by atoms with E-state index in [1.54, 1.807) is 13.2 Å². The predicted octanol–water partition coefficient (Wildman–Crippen LogP) is 9.60. The molecule has 1 saturated carbocycles. The fourth-order valence-electron chi connectivity index (χ4n) is 10.7. The van der Waals surface area contributed by atoms with Crippen molar-refractivity contribution in [1.82, 2.24) is 9.80 Å². The number of aryl methyl sites for hydroxylation is 2. The molecule has 2 heterocycles. The molecule has 6 heteroatoms. The number of rotatable bonds is 20. The Morgan fingerprint density at radius 2 is 1.57 bits per heavy atom. The molecule has 3 aromatic carbocycles. The van der Waals surface area contributed by atoms with E-state index in [1.165, 1.54) is 61.6 Å². The van der Waals surface area contributed by atoms with E-state index in [2.05, 4.69) is 77.0 Å². The van der Waals surface area contributed by atoms with E-state index in [1.807, 2.05) is 6.08 Å². The van der Waals surface area contributed by atoms with Gasteiger partial charge in [0.25, 0.3) is 0 Å². The van der Waals surface area contributed by atoms with E-state index in [-0.39, 0.29) is 23.5 Å². The van der Waals surface area contributed by atoms with Gasteiger partial charge in [-0.15, -0.1) is 6.58 Å². The molecule has 7 rings (SSSR count). The van der Waals surface area contributed by atoms with Gasteiger partial charge in [0.15, 0.2) is 11.5 Å². The largest absolute Gasteiger partial charge is 0.508 e. The average molecular weight is 719 g/mol. The second kappa shape index (κ2) is 17.6. The van der Waals surface area contributed by atoms with Crippen LogP contribution >= 0.6 is 0 Å². The summed E-state index contributed by atoms with van der Waals surface area (Å²) in [4.78, 5) is 19.3. The van der Waals surface area contributed by atoms with Crippen LogP contribution in [0, 0.1) is 5.92 Å². The van der Waals surface area contributed by atoms with Crippen molar-refractivity contribution in [1.29, 1.82) is 0 Å². The molecule has 53 heavy (non-hydrogen) atoms. The standard InChI is InChI=1S/C47H62N2O4/c1-3-30-48-32-29-47-38-27-28-39(46(47)53-45-42(52-2)34-41(50)37(44(45)47)33-40(38)48)49(31-19-18-25-36-23-15-11-16-24-36)43(51)26-17-9-7-5-4-6-8-12-20-35-21-13-10-14-22-35/h3,10-11,13-16,21-24,34,38-40,46,50H,1,4-9,12,17-20,25-33H2,2H3/t38-,39+,40+,46-,47-/m0/s1. The van der Waals surface area contributed by atoms with Crippen LogP contribution in [0.2, 0.25) is 0 Å². The summed E-state index contributed by atoms with van der Waals surface area (Å²) in [7, 11) is 1.67. The van der Waals surface area contributed by atoms with Gasteiger partial charge in [0, 0.05) is 48.2 Å². The van der Waals surface area contributed by atoms with Crippen LogP contribution in [0.3, 0.4) is 0 Å². The molecule has 5 atom stereocenters. The number of nitrogens with zero attached hydrogens (tertiary/aromatic N) is 2. The van der Waals surface area contributed by atoms with E-state index in [0.29, 0.717) is 29.9 Å². The van der Waals surface area contributed by atoms with E-state index in [9.17, 15) is 9.90 Å². The highest BCUT2D eigenvalue weighted by Crippen LogP contribution is 2.65. The summed E-state index contributed by atoms with van der Waals surface area (Å²) >= 11 is 0. The minimum Gasteiger partial charge on any atom is -0.508 e. The molecule has 6 nitrogen and oxygen atoms in total. The second-order valence-electron chi connectivity index (χ2n) is 16.3. The van der Waals surface area contributed by atoms with Crippen molar-refractivity contribution in [2.24, 2.45) is 5.92 Å². The molecule has 1 spiro atoms. The van der Waals surface area contributed by atoms with Crippen LogP contribution in [-0.4, -0.2) is 65.7 Å². The fourth-order valence-corrected chi connectivity index (χ4v) is 10.7. The maximum atomic E-state index is 14.4. The van der Waals surface area contributed by atoms with Gasteiger partial charge in [-0.05, 0) is 87.8 Å². The van der Waals surface area contributed by atoms with Crippen molar-refractivity contribution in [2.45, 2.75) is 133 Å². The Hall–Kier alpha value is -3.77. The van der Waals surface area contributed by atoms with Gasteiger partial charge in [0.05, 0.1) is 13.2 Å². The third kappa shape index (κ3) is 7.90. The molecule has 1 amide bonds. The molecule has 0 aromatic heterocycles. The van der Waals surface area contributed by atoms with Gasteiger partial charge in [-0.1, -0.05) is 105 Å². The molecule has 2 aliphatic carbocycles. The SMILES string of the molecule is C=CCN1CC[C@]23c4c5c(O)cc(OC)c4O[C@H]2[C@H](N(CCCCc2ccccc2)C(=O)CCCCCCCCCCc2ccccc2)CC[C@H]3[C@H]1C5. The fraction of sp³-hybridized carbons (Fsp3) is 0.553.